The lowest BCUT2D eigenvalue weighted by atomic mass is 9.90. The van der Waals surface area contributed by atoms with Crippen molar-refractivity contribution in [2.24, 2.45) is 5.41 Å². The molecule has 29 heavy (non-hydrogen) atoms. The number of carbonyl (C=O) groups excluding carboxylic acids is 1. The maximum absolute atomic E-state index is 12.6. The highest BCUT2D eigenvalue weighted by molar-refractivity contribution is 5.84. The number of anilines is 1. The van der Waals surface area contributed by atoms with Crippen molar-refractivity contribution in [3.63, 3.8) is 0 Å². The van der Waals surface area contributed by atoms with E-state index in [9.17, 15) is 18.0 Å². The molecule has 3 nitrogen and oxygen atoms in total. The highest BCUT2D eigenvalue weighted by atomic mass is 19.4. The summed E-state index contributed by atoms with van der Waals surface area (Å²) in [6, 6.07) is 8.65. The van der Waals surface area contributed by atoms with Crippen LogP contribution in [0.3, 0.4) is 0 Å². The third kappa shape index (κ3) is 7.11. The summed E-state index contributed by atoms with van der Waals surface area (Å²) in [6.07, 6.45) is -3.84. The van der Waals surface area contributed by atoms with Gasteiger partial charge < -0.3 is 10.1 Å². The van der Waals surface area contributed by atoms with Gasteiger partial charge in [0, 0.05) is 12.1 Å². The normalized spacial score (nSPS) is 12.0. The first-order valence-electron chi connectivity index (χ1n) is 9.51. The van der Waals surface area contributed by atoms with Crippen molar-refractivity contribution in [1.82, 2.24) is 0 Å². The molecule has 0 unspecified atom stereocenters. The van der Waals surface area contributed by atoms with Crippen LogP contribution in [0, 0.1) is 19.3 Å². The van der Waals surface area contributed by atoms with E-state index in [1.165, 1.54) is 12.1 Å². The molecule has 0 amide bonds. The molecule has 0 saturated heterocycles. The second-order valence-electron chi connectivity index (χ2n) is 8.55. The van der Waals surface area contributed by atoms with E-state index in [0.717, 1.165) is 28.9 Å². The number of alkyl halides is 3. The molecule has 0 fully saturated rings. The maximum atomic E-state index is 12.6. The number of Topliss-reactive ketones (excluding diaryl/α,β-unsaturated/α-hetero) is 1. The maximum Gasteiger partial charge on any atom is 0.416 e. The third-order valence-electron chi connectivity index (χ3n) is 4.38. The fourth-order valence-electron chi connectivity index (χ4n) is 3.08. The Labute approximate surface area is 170 Å². The first-order chi connectivity index (χ1) is 13.3. The van der Waals surface area contributed by atoms with E-state index in [-0.39, 0.29) is 24.3 Å². The molecule has 1 N–H and O–H groups in total. The number of halogens is 3. The molecule has 0 heterocycles. The van der Waals surface area contributed by atoms with Crippen LogP contribution in [0.25, 0.3) is 0 Å². The predicted molar refractivity (Wildman–Crippen MR) is 109 cm³/mol. The van der Waals surface area contributed by atoms with E-state index >= 15 is 0 Å². The molecular weight excluding hydrogens is 379 g/mol. The Balaban J connectivity index is 1.99. The number of rotatable bonds is 7. The Kier molecular flexibility index (Phi) is 6.98. The lowest BCUT2D eigenvalue weighted by Gasteiger charge is -2.19. The molecule has 0 aromatic heterocycles. The van der Waals surface area contributed by atoms with Gasteiger partial charge >= 0.3 is 6.18 Å². The topological polar surface area (TPSA) is 38.3 Å². The molecular formula is C23H28F3NO2. The number of carbonyl (C=O) groups is 1. The summed E-state index contributed by atoms with van der Waals surface area (Å²) < 4.78 is 43.6. The molecule has 2 rings (SSSR count). The van der Waals surface area contributed by atoms with Gasteiger partial charge in [-0.3, -0.25) is 4.79 Å². The molecule has 0 bridgehead atoms. The molecule has 0 spiro atoms. The van der Waals surface area contributed by atoms with Gasteiger partial charge in [-0.15, -0.1) is 0 Å². The first-order valence-corrected chi connectivity index (χ1v) is 9.51. The minimum absolute atomic E-state index is 0.0428. The average Bonchev–Trinajstić information content (AvgIpc) is 2.57. The number of benzene rings is 2. The van der Waals surface area contributed by atoms with Crippen LogP contribution in [0.15, 0.2) is 36.4 Å². The minimum Gasteiger partial charge on any atom is -0.489 e. The lowest BCUT2D eigenvalue weighted by molar-refractivity contribution is -0.137. The van der Waals surface area contributed by atoms with E-state index in [1.807, 2.05) is 46.8 Å². The van der Waals surface area contributed by atoms with Crippen molar-refractivity contribution in [2.75, 3.05) is 11.9 Å². The van der Waals surface area contributed by atoms with Gasteiger partial charge in [0.05, 0.1) is 12.1 Å². The summed E-state index contributed by atoms with van der Waals surface area (Å²) >= 11 is 0. The number of ketones is 1. The van der Waals surface area contributed by atoms with Crippen molar-refractivity contribution in [1.29, 1.82) is 0 Å². The van der Waals surface area contributed by atoms with Crippen molar-refractivity contribution < 1.29 is 22.7 Å². The Morgan fingerprint density at radius 1 is 1.00 bits per heavy atom. The highest BCUT2D eigenvalue weighted by Gasteiger charge is 2.29. The standard InChI is InChI=1S/C23H28F3NO2/c1-15-10-20(29-14-17-6-8-18(9-7-17)23(24,25)26)11-16(2)21(15)27-13-19(28)12-22(3,4)5/h6-11,27H,12-14H2,1-5H3. The van der Waals surface area contributed by atoms with Crippen LogP contribution in [-0.4, -0.2) is 12.3 Å². The van der Waals surface area contributed by atoms with Gasteiger partial charge in [0.15, 0.2) is 5.78 Å². The van der Waals surface area contributed by atoms with Crippen molar-refractivity contribution >= 4 is 11.5 Å². The summed E-state index contributed by atoms with van der Waals surface area (Å²) in [5.74, 6) is 0.783. The number of ether oxygens (including phenoxy) is 1. The number of hydrogen-bond acceptors (Lipinski definition) is 3. The molecule has 0 aliphatic carbocycles. The van der Waals surface area contributed by atoms with Gasteiger partial charge in [0.2, 0.25) is 0 Å². The van der Waals surface area contributed by atoms with Gasteiger partial charge in [-0.05, 0) is 60.2 Å². The summed E-state index contributed by atoms with van der Waals surface area (Å²) in [5.41, 5.74) is 2.72. The molecule has 6 heteroatoms. The number of aryl methyl sites for hydroxylation is 2. The van der Waals surface area contributed by atoms with Crippen LogP contribution < -0.4 is 10.1 Å². The van der Waals surface area contributed by atoms with E-state index in [4.69, 9.17) is 4.74 Å². The van der Waals surface area contributed by atoms with Crippen LogP contribution in [0.1, 0.15) is 49.4 Å². The zero-order chi connectivity index (χ0) is 21.8. The van der Waals surface area contributed by atoms with Crippen LogP contribution in [0.2, 0.25) is 0 Å². The molecule has 158 valence electrons. The highest BCUT2D eigenvalue weighted by Crippen LogP contribution is 2.30. The fraction of sp³-hybridized carbons (Fsp3) is 0.435. The van der Waals surface area contributed by atoms with Crippen molar-refractivity contribution in [2.45, 2.75) is 53.8 Å². The smallest absolute Gasteiger partial charge is 0.416 e. The van der Waals surface area contributed by atoms with Crippen LogP contribution in [-0.2, 0) is 17.6 Å². The molecule has 0 aliphatic heterocycles. The second kappa shape index (κ2) is 8.89. The van der Waals surface area contributed by atoms with Crippen molar-refractivity contribution in [3.8, 4) is 5.75 Å². The third-order valence-corrected chi connectivity index (χ3v) is 4.38. The van der Waals surface area contributed by atoms with E-state index in [0.29, 0.717) is 17.7 Å². The Morgan fingerprint density at radius 2 is 1.55 bits per heavy atom. The number of nitrogens with one attached hydrogen (secondary N) is 1. The molecule has 0 radical (unpaired) electrons. The second-order valence-corrected chi connectivity index (χ2v) is 8.55. The van der Waals surface area contributed by atoms with Crippen LogP contribution >= 0.6 is 0 Å². The Hall–Kier alpha value is -2.50. The largest absolute Gasteiger partial charge is 0.489 e. The van der Waals surface area contributed by atoms with Crippen molar-refractivity contribution in [3.05, 3.63) is 58.7 Å². The lowest BCUT2D eigenvalue weighted by Crippen LogP contribution is -2.20. The Morgan fingerprint density at radius 3 is 2.03 bits per heavy atom. The molecule has 0 saturated carbocycles. The van der Waals surface area contributed by atoms with E-state index in [2.05, 4.69) is 5.32 Å². The molecule has 0 aliphatic rings. The molecule has 2 aromatic rings. The van der Waals surface area contributed by atoms with E-state index in [1.54, 1.807) is 0 Å². The Bertz CT molecular complexity index is 827. The van der Waals surface area contributed by atoms with Gasteiger partial charge in [0.25, 0.3) is 0 Å². The molecule has 2 aromatic carbocycles. The average molecular weight is 407 g/mol. The van der Waals surface area contributed by atoms with Crippen LogP contribution in [0.5, 0.6) is 5.75 Å². The van der Waals surface area contributed by atoms with Gasteiger partial charge in [0.1, 0.15) is 12.4 Å². The fourth-order valence-corrected chi connectivity index (χ4v) is 3.08. The summed E-state index contributed by atoms with van der Waals surface area (Å²) in [5, 5.41) is 3.21. The zero-order valence-electron chi connectivity index (χ0n) is 17.5. The van der Waals surface area contributed by atoms with E-state index < -0.39 is 11.7 Å². The summed E-state index contributed by atoms with van der Waals surface area (Å²) in [4.78, 5) is 12.1. The minimum atomic E-state index is -4.34. The summed E-state index contributed by atoms with van der Waals surface area (Å²) in [6.45, 7) is 10.4. The van der Waals surface area contributed by atoms with Crippen LogP contribution in [0.4, 0.5) is 18.9 Å². The van der Waals surface area contributed by atoms with Gasteiger partial charge in [-0.25, -0.2) is 0 Å². The summed E-state index contributed by atoms with van der Waals surface area (Å²) in [7, 11) is 0. The van der Waals surface area contributed by atoms with Gasteiger partial charge in [-0.1, -0.05) is 32.9 Å². The van der Waals surface area contributed by atoms with Gasteiger partial charge in [-0.2, -0.15) is 13.2 Å². The predicted octanol–water partition coefficient (Wildman–Crippen LogP) is 6.32. The monoisotopic (exact) mass is 407 g/mol. The quantitative estimate of drug-likeness (QED) is 0.584. The number of hydrogen-bond donors (Lipinski definition) is 1. The molecule has 0 atom stereocenters. The SMILES string of the molecule is Cc1cc(OCc2ccc(C(F)(F)F)cc2)cc(C)c1NCC(=O)CC(C)(C)C. The first kappa shape index (κ1) is 22.8. The zero-order valence-corrected chi connectivity index (χ0v) is 17.5.